The van der Waals surface area contributed by atoms with Crippen LogP contribution in [0.1, 0.15) is 39.5 Å². The predicted molar refractivity (Wildman–Crippen MR) is 77.0 cm³/mol. The number of allylic oxidation sites excluding steroid dienone is 1. The van der Waals surface area contributed by atoms with E-state index in [0.717, 1.165) is 30.0 Å². The zero-order valence-corrected chi connectivity index (χ0v) is 11.8. The average Bonchev–Trinajstić information content (AvgIpc) is 2.90. The largest absolute Gasteiger partial charge is 0.359 e. The lowest BCUT2D eigenvalue weighted by Gasteiger charge is -2.29. The highest BCUT2D eigenvalue weighted by molar-refractivity contribution is 7.80. The molecule has 2 aliphatic carbocycles. The van der Waals surface area contributed by atoms with Crippen molar-refractivity contribution >= 4 is 17.3 Å². The first-order chi connectivity index (χ1) is 8.24. The van der Waals surface area contributed by atoms with Crippen molar-refractivity contribution in [3.05, 3.63) is 12.2 Å². The fourth-order valence-corrected chi connectivity index (χ4v) is 3.39. The van der Waals surface area contributed by atoms with Gasteiger partial charge < -0.3 is 10.2 Å². The van der Waals surface area contributed by atoms with Gasteiger partial charge in [-0.2, -0.15) is 0 Å². The summed E-state index contributed by atoms with van der Waals surface area (Å²) in [5, 5.41) is 4.56. The third-order valence-corrected chi connectivity index (χ3v) is 4.24. The van der Waals surface area contributed by atoms with E-state index in [1.54, 1.807) is 0 Å². The molecule has 0 spiro atoms. The molecule has 0 amide bonds. The fourth-order valence-electron chi connectivity index (χ4n) is 3.05. The quantitative estimate of drug-likeness (QED) is 0.598. The summed E-state index contributed by atoms with van der Waals surface area (Å²) in [7, 11) is 0. The van der Waals surface area contributed by atoms with Crippen LogP contribution >= 0.6 is 12.2 Å². The van der Waals surface area contributed by atoms with Crippen molar-refractivity contribution in [2.75, 3.05) is 13.1 Å². The lowest BCUT2D eigenvalue weighted by molar-refractivity contribution is 0.393. The molecular weight excluding hydrogens is 228 g/mol. The average molecular weight is 252 g/mol. The minimum absolute atomic E-state index is 0.591. The van der Waals surface area contributed by atoms with Crippen LogP contribution < -0.4 is 5.32 Å². The van der Waals surface area contributed by atoms with Gasteiger partial charge in [0.05, 0.1) is 0 Å². The van der Waals surface area contributed by atoms with Crippen LogP contribution in [0.4, 0.5) is 0 Å². The van der Waals surface area contributed by atoms with E-state index in [2.05, 4.69) is 36.2 Å². The molecule has 2 bridgehead atoms. The Labute approximate surface area is 110 Å². The minimum atomic E-state index is 0.591. The van der Waals surface area contributed by atoms with Crippen LogP contribution in [-0.2, 0) is 0 Å². The maximum absolute atomic E-state index is 5.55. The van der Waals surface area contributed by atoms with Crippen LogP contribution in [0.2, 0.25) is 0 Å². The Morgan fingerprint density at radius 1 is 1.24 bits per heavy atom. The van der Waals surface area contributed by atoms with Gasteiger partial charge in [0.2, 0.25) is 0 Å². The molecule has 1 saturated carbocycles. The Kier molecular flexibility index (Phi) is 4.43. The van der Waals surface area contributed by atoms with Crippen LogP contribution in [0, 0.1) is 11.8 Å². The number of hydrogen-bond donors (Lipinski definition) is 1. The number of rotatable bonds is 5. The van der Waals surface area contributed by atoms with Gasteiger partial charge in [-0.05, 0) is 49.7 Å². The molecule has 0 aromatic heterocycles. The summed E-state index contributed by atoms with van der Waals surface area (Å²) >= 11 is 5.55. The summed E-state index contributed by atoms with van der Waals surface area (Å²) in [5.74, 6) is 1.54. The normalized spacial score (nSPS) is 29.6. The Morgan fingerprint density at radius 2 is 1.94 bits per heavy atom. The number of nitrogens with zero attached hydrogens (tertiary/aromatic N) is 1. The van der Waals surface area contributed by atoms with E-state index in [4.69, 9.17) is 12.2 Å². The zero-order chi connectivity index (χ0) is 12.3. The van der Waals surface area contributed by atoms with Crippen molar-refractivity contribution in [2.45, 2.75) is 45.6 Å². The van der Waals surface area contributed by atoms with Crippen LogP contribution in [-0.4, -0.2) is 29.1 Å². The van der Waals surface area contributed by atoms with Gasteiger partial charge in [0, 0.05) is 19.1 Å². The highest BCUT2D eigenvalue weighted by Crippen LogP contribution is 2.38. The Morgan fingerprint density at radius 3 is 2.41 bits per heavy atom. The van der Waals surface area contributed by atoms with Crippen LogP contribution in [0.3, 0.4) is 0 Å². The standard InChI is InChI=1S/C14H24N2S/c1-3-7-16(8-4-2)14(17)15-13-10-11-5-6-12(13)9-11/h5-6,11-13H,3-4,7-10H2,1-2H3,(H,15,17)/t11-,12-,13+/m0/s1. The molecule has 0 aromatic carbocycles. The topological polar surface area (TPSA) is 15.3 Å². The molecule has 0 heterocycles. The molecule has 0 saturated heterocycles. The van der Waals surface area contributed by atoms with Gasteiger partial charge in [-0.3, -0.25) is 0 Å². The van der Waals surface area contributed by atoms with Gasteiger partial charge in [0.1, 0.15) is 0 Å². The number of fused-ring (bicyclic) bond motifs is 2. The molecule has 0 aliphatic heterocycles. The van der Waals surface area contributed by atoms with E-state index < -0.39 is 0 Å². The number of thiocarbonyl (C=S) groups is 1. The summed E-state index contributed by atoms with van der Waals surface area (Å²) in [4.78, 5) is 2.32. The first kappa shape index (κ1) is 12.9. The maximum Gasteiger partial charge on any atom is 0.169 e. The SMILES string of the molecule is CCCN(CCC)C(=S)N[C@@H]1C[C@H]2C=C[C@H]1C2. The van der Waals surface area contributed by atoms with E-state index in [9.17, 15) is 0 Å². The smallest absolute Gasteiger partial charge is 0.169 e. The molecule has 3 atom stereocenters. The molecular formula is C14H24N2S. The van der Waals surface area contributed by atoms with E-state index in [0.29, 0.717) is 6.04 Å². The summed E-state index contributed by atoms with van der Waals surface area (Å²) in [6, 6.07) is 0.591. The molecule has 2 nitrogen and oxygen atoms in total. The van der Waals surface area contributed by atoms with Gasteiger partial charge in [-0.25, -0.2) is 0 Å². The van der Waals surface area contributed by atoms with Crippen molar-refractivity contribution in [3.8, 4) is 0 Å². The molecule has 1 N–H and O–H groups in total. The fraction of sp³-hybridized carbons (Fsp3) is 0.786. The molecule has 0 aromatic rings. The van der Waals surface area contributed by atoms with E-state index >= 15 is 0 Å². The lowest BCUT2D eigenvalue weighted by Crippen LogP contribution is -2.46. The Balaban J connectivity index is 1.84. The van der Waals surface area contributed by atoms with Gasteiger partial charge in [0.25, 0.3) is 0 Å². The molecule has 1 fully saturated rings. The molecule has 2 rings (SSSR count). The number of nitrogens with one attached hydrogen (secondary N) is 1. The van der Waals surface area contributed by atoms with Gasteiger partial charge >= 0.3 is 0 Å². The predicted octanol–water partition coefficient (Wildman–Crippen LogP) is 2.95. The molecule has 3 heteroatoms. The third kappa shape index (κ3) is 3.01. The monoisotopic (exact) mass is 252 g/mol. The Bertz CT molecular complexity index is 295. The second-order valence-corrected chi connectivity index (χ2v) is 5.71. The summed E-state index contributed by atoms with van der Waals surface area (Å²) < 4.78 is 0. The highest BCUT2D eigenvalue weighted by Gasteiger charge is 2.36. The first-order valence-electron chi connectivity index (χ1n) is 6.98. The van der Waals surface area contributed by atoms with E-state index in [1.807, 2.05) is 0 Å². The van der Waals surface area contributed by atoms with Crippen LogP contribution in [0.5, 0.6) is 0 Å². The molecule has 0 unspecified atom stereocenters. The number of hydrogen-bond acceptors (Lipinski definition) is 1. The van der Waals surface area contributed by atoms with Crippen molar-refractivity contribution in [2.24, 2.45) is 11.8 Å². The third-order valence-electron chi connectivity index (χ3n) is 3.86. The van der Waals surface area contributed by atoms with Crippen molar-refractivity contribution < 1.29 is 0 Å². The van der Waals surface area contributed by atoms with Crippen LogP contribution in [0.25, 0.3) is 0 Å². The Hall–Kier alpha value is -0.570. The summed E-state index contributed by atoms with van der Waals surface area (Å²) in [5.41, 5.74) is 0. The van der Waals surface area contributed by atoms with Crippen molar-refractivity contribution in [3.63, 3.8) is 0 Å². The van der Waals surface area contributed by atoms with E-state index in [1.165, 1.54) is 25.7 Å². The second-order valence-electron chi connectivity index (χ2n) is 5.32. The lowest BCUT2D eigenvalue weighted by atomic mass is 10.0. The second kappa shape index (κ2) is 5.85. The van der Waals surface area contributed by atoms with Crippen molar-refractivity contribution in [1.82, 2.24) is 10.2 Å². The molecule has 17 heavy (non-hydrogen) atoms. The van der Waals surface area contributed by atoms with E-state index in [-0.39, 0.29) is 0 Å². The minimum Gasteiger partial charge on any atom is -0.359 e. The molecule has 0 radical (unpaired) electrons. The van der Waals surface area contributed by atoms with Crippen LogP contribution in [0.15, 0.2) is 12.2 Å². The van der Waals surface area contributed by atoms with Gasteiger partial charge in [-0.1, -0.05) is 26.0 Å². The summed E-state index contributed by atoms with van der Waals surface area (Å²) in [6.45, 7) is 6.59. The maximum atomic E-state index is 5.55. The zero-order valence-electron chi connectivity index (χ0n) is 11.0. The van der Waals surface area contributed by atoms with Crippen molar-refractivity contribution in [1.29, 1.82) is 0 Å². The summed E-state index contributed by atoms with van der Waals surface area (Å²) in [6.07, 6.45) is 9.69. The molecule has 2 aliphatic rings. The van der Waals surface area contributed by atoms with Gasteiger partial charge in [0.15, 0.2) is 5.11 Å². The molecule has 96 valence electrons. The highest BCUT2D eigenvalue weighted by atomic mass is 32.1. The van der Waals surface area contributed by atoms with Gasteiger partial charge in [-0.15, -0.1) is 0 Å². The first-order valence-corrected chi connectivity index (χ1v) is 7.39.